The number of aldehydes is 1. The van der Waals surface area contributed by atoms with Crippen molar-refractivity contribution in [2.45, 2.75) is 48.5 Å². The standard InChI is InChI=1S/C23H23NO4S/c1-3-27-22(23(26)28-4-2)19(14-25)17-9-10-20-18(12-17)8-7-16-6-5-15(13-24)11-21(16)29-20/h5-6,9-12,14,19,22H,3-4,7-8H2,1-2H3. The average Bonchev–Trinajstić information content (AvgIpc) is 2.92. The minimum Gasteiger partial charge on any atom is -0.464 e. The van der Waals surface area contributed by atoms with Crippen molar-refractivity contribution in [2.24, 2.45) is 0 Å². The van der Waals surface area contributed by atoms with Crippen LogP contribution >= 0.6 is 11.8 Å². The van der Waals surface area contributed by atoms with Crippen LogP contribution in [-0.2, 0) is 31.9 Å². The van der Waals surface area contributed by atoms with Crippen LogP contribution in [0, 0.1) is 11.3 Å². The average molecular weight is 410 g/mol. The van der Waals surface area contributed by atoms with E-state index in [9.17, 15) is 9.59 Å². The Labute approximate surface area is 175 Å². The molecule has 0 N–H and O–H groups in total. The fraction of sp³-hybridized carbons (Fsp3) is 0.348. The summed E-state index contributed by atoms with van der Waals surface area (Å²) in [6.45, 7) is 4.06. The summed E-state index contributed by atoms with van der Waals surface area (Å²) in [7, 11) is 0. The Morgan fingerprint density at radius 3 is 2.62 bits per heavy atom. The Kier molecular flexibility index (Phi) is 7.08. The molecular weight excluding hydrogens is 386 g/mol. The summed E-state index contributed by atoms with van der Waals surface area (Å²) >= 11 is 1.63. The number of carbonyl (C=O) groups excluding carboxylic acids is 2. The summed E-state index contributed by atoms with van der Waals surface area (Å²) in [5.74, 6) is -1.24. The molecule has 150 valence electrons. The van der Waals surface area contributed by atoms with Gasteiger partial charge in [-0.3, -0.25) is 0 Å². The molecule has 3 rings (SSSR count). The SMILES string of the molecule is CCOC(=O)C(OCC)C(C=O)c1ccc2c(c1)CCc1ccc(C#N)cc1S2. The van der Waals surface area contributed by atoms with Gasteiger partial charge in [-0.05, 0) is 61.6 Å². The molecule has 0 saturated carbocycles. The zero-order valence-electron chi connectivity index (χ0n) is 16.5. The van der Waals surface area contributed by atoms with Crippen molar-refractivity contribution in [1.82, 2.24) is 0 Å². The molecule has 0 aromatic heterocycles. The van der Waals surface area contributed by atoms with Crippen molar-refractivity contribution in [1.29, 1.82) is 5.26 Å². The van der Waals surface area contributed by atoms with Gasteiger partial charge in [0.15, 0.2) is 6.10 Å². The number of hydrogen-bond acceptors (Lipinski definition) is 6. The van der Waals surface area contributed by atoms with Crippen molar-refractivity contribution in [3.05, 3.63) is 58.7 Å². The number of esters is 1. The van der Waals surface area contributed by atoms with E-state index in [-0.39, 0.29) is 6.61 Å². The topological polar surface area (TPSA) is 76.4 Å². The fourth-order valence-corrected chi connectivity index (χ4v) is 4.61. The Balaban J connectivity index is 1.92. The number of benzene rings is 2. The molecule has 0 amide bonds. The second-order valence-corrected chi connectivity index (χ2v) is 7.78. The normalized spacial score (nSPS) is 14.5. The number of nitriles is 1. The van der Waals surface area contributed by atoms with E-state index in [4.69, 9.17) is 14.7 Å². The number of rotatable bonds is 7. The summed E-state index contributed by atoms with van der Waals surface area (Å²) in [6, 6.07) is 13.8. The van der Waals surface area contributed by atoms with Crippen LogP contribution in [0.1, 0.15) is 42.0 Å². The van der Waals surface area contributed by atoms with Crippen molar-refractivity contribution < 1.29 is 19.1 Å². The largest absolute Gasteiger partial charge is 0.464 e. The van der Waals surface area contributed by atoms with E-state index in [0.29, 0.717) is 12.2 Å². The number of hydrogen-bond donors (Lipinski definition) is 0. The molecular formula is C23H23NO4S. The molecule has 0 aliphatic carbocycles. The first kappa shape index (κ1) is 21.1. The van der Waals surface area contributed by atoms with E-state index in [0.717, 1.165) is 40.0 Å². The molecule has 2 aromatic rings. The predicted molar refractivity (Wildman–Crippen MR) is 110 cm³/mol. The van der Waals surface area contributed by atoms with Gasteiger partial charge in [0.2, 0.25) is 0 Å². The van der Waals surface area contributed by atoms with Gasteiger partial charge in [0.1, 0.15) is 6.29 Å². The first-order valence-electron chi connectivity index (χ1n) is 9.68. The fourth-order valence-electron chi connectivity index (χ4n) is 3.46. The highest BCUT2D eigenvalue weighted by atomic mass is 32.2. The molecule has 1 aliphatic heterocycles. The maximum Gasteiger partial charge on any atom is 0.336 e. The summed E-state index contributed by atoms with van der Waals surface area (Å²) in [5, 5.41) is 9.17. The maximum atomic E-state index is 12.3. The van der Waals surface area contributed by atoms with Gasteiger partial charge in [0.05, 0.1) is 24.2 Å². The van der Waals surface area contributed by atoms with E-state index in [2.05, 4.69) is 6.07 Å². The van der Waals surface area contributed by atoms with Crippen molar-refractivity contribution in [3.8, 4) is 6.07 Å². The smallest absolute Gasteiger partial charge is 0.336 e. The highest BCUT2D eigenvalue weighted by Gasteiger charge is 2.32. The molecule has 0 bridgehead atoms. The van der Waals surface area contributed by atoms with Crippen LogP contribution in [0.15, 0.2) is 46.2 Å². The van der Waals surface area contributed by atoms with Crippen LogP contribution in [0.25, 0.3) is 0 Å². The van der Waals surface area contributed by atoms with Gasteiger partial charge in [-0.25, -0.2) is 4.79 Å². The molecule has 0 spiro atoms. The van der Waals surface area contributed by atoms with E-state index >= 15 is 0 Å². The molecule has 1 heterocycles. The molecule has 0 saturated heterocycles. The molecule has 2 aromatic carbocycles. The van der Waals surface area contributed by atoms with Gasteiger partial charge in [0.25, 0.3) is 0 Å². The Morgan fingerprint density at radius 2 is 1.93 bits per heavy atom. The number of nitrogens with zero attached hydrogens (tertiary/aromatic N) is 1. The maximum absolute atomic E-state index is 12.3. The number of ether oxygens (including phenoxy) is 2. The van der Waals surface area contributed by atoms with Crippen LogP contribution in [0.5, 0.6) is 0 Å². The van der Waals surface area contributed by atoms with Gasteiger partial charge >= 0.3 is 5.97 Å². The van der Waals surface area contributed by atoms with Crippen LogP contribution in [0.2, 0.25) is 0 Å². The highest BCUT2D eigenvalue weighted by Crippen LogP contribution is 2.39. The molecule has 6 heteroatoms. The summed E-state index contributed by atoms with van der Waals surface area (Å²) in [5.41, 5.74) is 3.71. The molecule has 0 fully saturated rings. The summed E-state index contributed by atoms with van der Waals surface area (Å²) in [4.78, 5) is 26.4. The third-order valence-corrected chi connectivity index (χ3v) is 6.11. The van der Waals surface area contributed by atoms with E-state index in [1.165, 1.54) is 5.56 Å². The lowest BCUT2D eigenvalue weighted by molar-refractivity contribution is -0.158. The molecule has 2 atom stereocenters. The quantitative estimate of drug-likeness (QED) is 0.507. The molecule has 1 aliphatic rings. The highest BCUT2D eigenvalue weighted by molar-refractivity contribution is 7.99. The lowest BCUT2D eigenvalue weighted by Crippen LogP contribution is -2.34. The second-order valence-electron chi connectivity index (χ2n) is 6.69. The number of fused-ring (bicyclic) bond motifs is 2. The molecule has 29 heavy (non-hydrogen) atoms. The lowest BCUT2D eigenvalue weighted by Gasteiger charge is -2.22. The van der Waals surface area contributed by atoms with E-state index in [1.807, 2.05) is 36.4 Å². The third kappa shape index (κ3) is 4.69. The van der Waals surface area contributed by atoms with Crippen molar-refractivity contribution >= 4 is 24.0 Å². The number of carbonyl (C=O) groups is 2. The van der Waals surface area contributed by atoms with E-state index < -0.39 is 18.0 Å². The predicted octanol–water partition coefficient (Wildman–Crippen LogP) is 4.06. The van der Waals surface area contributed by atoms with Gasteiger partial charge in [-0.15, -0.1) is 0 Å². The van der Waals surface area contributed by atoms with Gasteiger partial charge in [-0.2, -0.15) is 5.26 Å². The van der Waals surface area contributed by atoms with Crippen molar-refractivity contribution in [2.75, 3.05) is 13.2 Å². The van der Waals surface area contributed by atoms with Crippen LogP contribution in [0.3, 0.4) is 0 Å². The minimum absolute atomic E-state index is 0.234. The lowest BCUT2D eigenvalue weighted by atomic mass is 9.92. The molecule has 2 unspecified atom stereocenters. The monoisotopic (exact) mass is 409 g/mol. The zero-order chi connectivity index (χ0) is 20.8. The summed E-state index contributed by atoms with van der Waals surface area (Å²) < 4.78 is 10.7. The third-order valence-electron chi connectivity index (χ3n) is 4.89. The molecule has 0 radical (unpaired) electrons. The van der Waals surface area contributed by atoms with Gasteiger partial charge < -0.3 is 14.3 Å². The Bertz CT molecular complexity index is 950. The van der Waals surface area contributed by atoms with Crippen LogP contribution in [0.4, 0.5) is 0 Å². The second kappa shape index (κ2) is 9.73. The molecule has 5 nitrogen and oxygen atoms in total. The van der Waals surface area contributed by atoms with Crippen LogP contribution < -0.4 is 0 Å². The van der Waals surface area contributed by atoms with E-state index in [1.54, 1.807) is 25.6 Å². The van der Waals surface area contributed by atoms with Crippen LogP contribution in [-0.4, -0.2) is 31.6 Å². The first-order valence-corrected chi connectivity index (χ1v) is 10.5. The Hall–Kier alpha value is -2.62. The van der Waals surface area contributed by atoms with Crippen molar-refractivity contribution in [3.63, 3.8) is 0 Å². The van der Waals surface area contributed by atoms with Gasteiger partial charge in [0, 0.05) is 16.4 Å². The Morgan fingerprint density at radius 1 is 1.14 bits per heavy atom. The first-order chi connectivity index (χ1) is 14.1. The van der Waals surface area contributed by atoms with Gasteiger partial charge in [-0.1, -0.05) is 30.0 Å². The summed E-state index contributed by atoms with van der Waals surface area (Å²) in [6.07, 6.45) is 1.48. The zero-order valence-corrected chi connectivity index (χ0v) is 17.3. The minimum atomic E-state index is -0.954. The number of aryl methyl sites for hydroxylation is 2.